The number of rotatable bonds is 11. The summed E-state index contributed by atoms with van der Waals surface area (Å²) in [6, 6.07) is 6.01. The Morgan fingerprint density at radius 1 is 1.05 bits per heavy atom. The number of nitrogens with zero attached hydrogens (tertiary/aromatic N) is 3. The van der Waals surface area contributed by atoms with Crippen molar-refractivity contribution in [3.8, 4) is 0 Å². The molecule has 1 aromatic heterocycles. The van der Waals surface area contributed by atoms with Gasteiger partial charge in [-0.2, -0.15) is 13.2 Å². The predicted molar refractivity (Wildman–Crippen MR) is 135 cm³/mol. The van der Waals surface area contributed by atoms with E-state index in [0.29, 0.717) is 25.9 Å². The molecule has 2 aromatic rings. The van der Waals surface area contributed by atoms with E-state index in [1.54, 1.807) is 18.2 Å². The number of hydrogen-bond donors (Lipinski definition) is 2. The highest BCUT2D eigenvalue weighted by molar-refractivity contribution is 5.69. The molecule has 0 unspecified atom stereocenters. The molecule has 1 amide bonds. The van der Waals surface area contributed by atoms with Crippen molar-refractivity contribution in [2.45, 2.75) is 25.4 Å². The highest BCUT2D eigenvalue weighted by Gasteiger charge is 2.34. The van der Waals surface area contributed by atoms with E-state index in [4.69, 9.17) is 9.47 Å². The van der Waals surface area contributed by atoms with Gasteiger partial charge in [-0.05, 0) is 49.6 Å². The number of aromatic nitrogens is 1. The van der Waals surface area contributed by atoms with Crippen molar-refractivity contribution in [3.05, 3.63) is 59.7 Å². The number of benzene rings is 1. The van der Waals surface area contributed by atoms with Crippen molar-refractivity contribution in [1.82, 2.24) is 14.8 Å². The maximum Gasteiger partial charge on any atom is 0.419 e. The smallest absolute Gasteiger partial charge is 0.418 e. The number of carbonyl (C=O) groups excluding carboxylic acids is 1. The molecule has 1 saturated heterocycles. The van der Waals surface area contributed by atoms with E-state index in [2.05, 4.69) is 20.5 Å². The lowest BCUT2D eigenvalue weighted by molar-refractivity contribution is -0.137. The van der Waals surface area contributed by atoms with Gasteiger partial charge in [-0.25, -0.2) is 14.2 Å². The molecule has 3 heterocycles. The normalized spacial score (nSPS) is 16.4. The summed E-state index contributed by atoms with van der Waals surface area (Å²) in [6.45, 7) is 5.06. The van der Waals surface area contributed by atoms with Crippen LogP contribution in [0.3, 0.4) is 0 Å². The van der Waals surface area contributed by atoms with Crippen molar-refractivity contribution in [2.24, 2.45) is 0 Å². The Morgan fingerprint density at radius 2 is 1.87 bits per heavy atom. The van der Waals surface area contributed by atoms with Gasteiger partial charge in [-0.15, -0.1) is 0 Å². The number of halogens is 4. The number of hydrogen-bond acceptors (Lipinski definition) is 7. The second kappa shape index (κ2) is 12.9. The maximum atomic E-state index is 14.8. The minimum atomic E-state index is -4.62. The number of amides is 1. The van der Waals surface area contributed by atoms with Crippen LogP contribution in [0.4, 0.5) is 39.5 Å². The van der Waals surface area contributed by atoms with Gasteiger partial charge in [0.1, 0.15) is 11.6 Å². The van der Waals surface area contributed by atoms with Gasteiger partial charge < -0.3 is 25.0 Å². The molecular formula is C26H31F4N5O3. The van der Waals surface area contributed by atoms with Gasteiger partial charge in [0.25, 0.3) is 0 Å². The number of ether oxygens (including phenoxy) is 2. The topological polar surface area (TPSA) is 79.0 Å². The van der Waals surface area contributed by atoms with Gasteiger partial charge in [0.05, 0.1) is 36.4 Å². The third kappa shape index (κ3) is 7.81. The van der Waals surface area contributed by atoms with Crippen LogP contribution in [-0.2, 0) is 22.1 Å². The fourth-order valence-electron chi connectivity index (χ4n) is 4.28. The van der Waals surface area contributed by atoms with Crippen LogP contribution >= 0.6 is 0 Å². The molecule has 2 aliphatic heterocycles. The maximum absolute atomic E-state index is 14.8. The molecular weight excluding hydrogens is 506 g/mol. The third-order valence-corrected chi connectivity index (χ3v) is 6.32. The molecule has 12 heteroatoms. The highest BCUT2D eigenvalue weighted by atomic mass is 19.4. The standard InChI is InChI=1S/C26H31F4N5O3/c27-21-16-19(4-1-8-34-11-14-37-15-12-34)5-6-22(21)33-24-17-23(20(18-32-24)26(28,29)30)31-7-2-9-35-10-3-13-38-25(35)36/h3,5-6,13,16-18H,1-2,4,7-12,14-15H2,(H2,31,32,33). The summed E-state index contributed by atoms with van der Waals surface area (Å²) in [5.41, 5.74) is -0.148. The van der Waals surface area contributed by atoms with Gasteiger partial charge in [0, 0.05) is 45.0 Å². The Balaban J connectivity index is 1.34. The second-order valence-corrected chi connectivity index (χ2v) is 9.09. The zero-order chi connectivity index (χ0) is 27.0. The first-order chi connectivity index (χ1) is 18.3. The summed E-state index contributed by atoms with van der Waals surface area (Å²) in [6.07, 6.45) is 0.579. The zero-order valence-electron chi connectivity index (χ0n) is 20.9. The Bertz CT molecular complexity index is 1120. The fourth-order valence-corrected chi connectivity index (χ4v) is 4.28. The molecule has 0 radical (unpaired) electrons. The molecule has 8 nitrogen and oxygen atoms in total. The SMILES string of the molecule is O=C1OC=CCN1CCCNc1cc(Nc2ccc(CCCN3CCOCC3)cc2F)ncc1C(F)(F)F. The van der Waals surface area contributed by atoms with Crippen molar-refractivity contribution < 1.29 is 31.8 Å². The summed E-state index contributed by atoms with van der Waals surface area (Å²) < 4.78 is 65.5. The minimum Gasteiger partial charge on any atom is -0.418 e. The van der Waals surface area contributed by atoms with Gasteiger partial charge >= 0.3 is 12.3 Å². The largest absolute Gasteiger partial charge is 0.419 e. The Hall–Kier alpha value is -3.38. The van der Waals surface area contributed by atoms with Crippen LogP contribution in [0.25, 0.3) is 0 Å². The van der Waals surface area contributed by atoms with Crippen LogP contribution in [-0.4, -0.2) is 73.4 Å². The summed E-state index contributed by atoms with van der Waals surface area (Å²) in [7, 11) is 0. The van der Waals surface area contributed by atoms with Crippen LogP contribution in [0.5, 0.6) is 0 Å². The van der Waals surface area contributed by atoms with Gasteiger partial charge in [0.2, 0.25) is 0 Å². The lowest BCUT2D eigenvalue weighted by atomic mass is 10.1. The molecule has 0 bridgehead atoms. The first kappa shape index (κ1) is 27.6. The van der Waals surface area contributed by atoms with Crippen LogP contribution in [0.15, 0.2) is 42.8 Å². The number of aryl methyl sites for hydroxylation is 1. The Morgan fingerprint density at radius 3 is 2.61 bits per heavy atom. The first-order valence-corrected chi connectivity index (χ1v) is 12.6. The molecule has 2 N–H and O–H groups in total. The minimum absolute atomic E-state index is 0.0733. The molecule has 1 fully saturated rings. The number of anilines is 3. The average Bonchev–Trinajstić information content (AvgIpc) is 2.89. The summed E-state index contributed by atoms with van der Waals surface area (Å²) in [5.74, 6) is -0.434. The summed E-state index contributed by atoms with van der Waals surface area (Å²) >= 11 is 0. The van der Waals surface area contributed by atoms with Crippen LogP contribution in [0.1, 0.15) is 24.0 Å². The van der Waals surface area contributed by atoms with Gasteiger partial charge in [-0.1, -0.05) is 6.07 Å². The molecule has 1 aromatic carbocycles. The van der Waals surface area contributed by atoms with Crippen molar-refractivity contribution in [2.75, 3.05) is 63.1 Å². The van der Waals surface area contributed by atoms with E-state index in [9.17, 15) is 22.4 Å². The highest BCUT2D eigenvalue weighted by Crippen LogP contribution is 2.36. The van der Waals surface area contributed by atoms with Crippen molar-refractivity contribution in [3.63, 3.8) is 0 Å². The predicted octanol–water partition coefficient (Wildman–Crippen LogP) is 5.02. The number of alkyl halides is 3. The Kier molecular flexibility index (Phi) is 9.40. The van der Waals surface area contributed by atoms with E-state index < -0.39 is 23.7 Å². The zero-order valence-corrected chi connectivity index (χ0v) is 20.9. The van der Waals surface area contributed by atoms with Gasteiger partial charge in [0.15, 0.2) is 0 Å². The Labute approximate surface area is 218 Å². The third-order valence-electron chi connectivity index (χ3n) is 6.32. The van der Waals surface area contributed by atoms with Crippen LogP contribution in [0, 0.1) is 5.82 Å². The number of cyclic esters (lactones) is 1. The molecule has 0 saturated carbocycles. The quantitative estimate of drug-likeness (QED) is 0.308. The molecule has 0 atom stereocenters. The molecule has 206 valence electrons. The van der Waals surface area contributed by atoms with Crippen molar-refractivity contribution in [1.29, 1.82) is 0 Å². The lowest BCUT2D eigenvalue weighted by Crippen LogP contribution is -2.36. The molecule has 38 heavy (non-hydrogen) atoms. The first-order valence-electron chi connectivity index (χ1n) is 12.6. The summed E-state index contributed by atoms with van der Waals surface area (Å²) in [4.78, 5) is 19.3. The van der Waals surface area contributed by atoms with E-state index in [-0.39, 0.29) is 23.7 Å². The van der Waals surface area contributed by atoms with E-state index in [0.717, 1.165) is 51.0 Å². The second-order valence-electron chi connectivity index (χ2n) is 9.09. The van der Waals surface area contributed by atoms with E-state index in [1.807, 2.05) is 0 Å². The summed E-state index contributed by atoms with van der Waals surface area (Å²) in [5, 5.41) is 5.55. The molecule has 4 rings (SSSR count). The van der Waals surface area contributed by atoms with Gasteiger partial charge in [-0.3, -0.25) is 4.90 Å². The average molecular weight is 538 g/mol. The molecule has 0 aliphatic carbocycles. The van der Waals surface area contributed by atoms with Crippen LogP contribution in [0.2, 0.25) is 0 Å². The molecule has 0 spiro atoms. The molecule has 2 aliphatic rings. The fraction of sp³-hybridized carbons (Fsp3) is 0.462. The number of nitrogens with one attached hydrogen (secondary N) is 2. The monoisotopic (exact) mass is 537 g/mol. The number of pyridine rings is 1. The number of carbonyl (C=O) groups is 1. The van der Waals surface area contributed by atoms with Crippen molar-refractivity contribution >= 4 is 23.3 Å². The number of morpholine rings is 1. The van der Waals surface area contributed by atoms with E-state index in [1.165, 1.54) is 23.3 Å². The van der Waals surface area contributed by atoms with Crippen LogP contribution < -0.4 is 10.6 Å². The van der Waals surface area contributed by atoms with E-state index >= 15 is 0 Å². The lowest BCUT2D eigenvalue weighted by Gasteiger charge is -2.26.